The van der Waals surface area contributed by atoms with E-state index in [1.807, 2.05) is 30.3 Å². The second-order valence-corrected chi connectivity index (χ2v) is 6.17. The van der Waals surface area contributed by atoms with E-state index in [1.54, 1.807) is 32.4 Å². The van der Waals surface area contributed by atoms with Crippen LogP contribution in [0.2, 0.25) is 0 Å². The molecule has 2 rings (SSSR count). The molecule has 2 aromatic rings. The van der Waals surface area contributed by atoms with E-state index in [1.165, 1.54) is 6.08 Å². The molecular formula is C21H24N2O4S. The van der Waals surface area contributed by atoms with Crippen molar-refractivity contribution in [3.63, 3.8) is 0 Å². The van der Waals surface area contributed by atoms with E-state index in [2.05, 4.69) is 17.6 Å². The number of rotatable bonds is 8. The number of hydrogen-bond acceptors (Lipinski definition) is 5. The number of anilines is 1. The summed E-state index contributed by atoms with van der Waals surface area (Å²) in [5.74, 6) is 1.67. The molecule has 0 bridgehead atoms. The van der Waals surface area contributed by atoms with Crippen LogP contribution < -0.4 is 24.8 Å². The second-order valence-electron chi connectivity index (χ2n) is 5.76. The molecule has 0 aliphatic heterocycles. The molecule has 0 heterocycles. The Morgan fingerprint density at radius 3 is 2.43 bits per heavy atom. The van der Waals surface area contributed by atoms with Crippen molar-refractivity contribution in [2.45, 2.75) is 13.3 Å². The summed E-state index contributed by atoms with van der Waals surface area (Å²) in [7, 11) is 3.13. The van der Waals surface area contributed by atoms with Crippen LogP contribution in [-0.2, 0) is 4.79 Å². The molecular weight excluding hydrogens is 376 g/mol. The van der Waals surface area contributed by atoms with E-state index >= 15 is 0 Å². The average Bonchev–Trinajstić information content (AvgIpc) is 2.71. The van der Waals surface area contributed by atoms with Crippen LogP contribution in [0.25, 0.3) is 6.08 Å². The van der Waals surface area contributed by atoms with Gasteiger partial charge in [-0.2, -0.15) is 0 Å². The molecule has 28 heavy (non-hydrogen) atoms. The fraction of sp³-hybridized carbons (Fsp3) is 0.238. The molecule has 0 fully saturated rings. The van der Waals surface area contributed by atoms with Crippen LogP contribution >= 0.6 is 12.2 Å². The number of benzene rings is 2. The SMILES string of the molecule is CCCOc1ccc(NC(=S)NC(=O)/C=C/c2ccc(OC)c(OC)c2)cc1. The molecule has 0 aliphatic carbocycles. The number of carbonyl (C=O) groups is 1. The summed E-state index contributed by atoms with van der Waals surface area (Å²) >= 11 is 5.17. The molecule has 1 amide bonds. The van der Waals surface area contributed by atoms with Gasteiger partial charge in [-0.3, -0.25) is 10.1 Å². The van der Waals surface area contributed by atoms with Crippen molar-refractivity contribution in [2.24, 2.45) is 0 Å². The summed E-state index contributed by atoms with van der Waals surface area (Å²) in [6.07, 6.45) is 4.02. The van der Waals surface area contributed by atoms with Crippen molar-refractivity contribution in [1.29, 1.82) is 0 Å². The van der Waals surface area contributed by atoms with E-state index < -0.39 is 0 Å². The Balaban J connectivity index is 1.88. The van der Waals surface area contributed by atoms with Crippen LogP contribution in [0.1, 0.15) is 18.9 Å². The number of thiocarbonyl (C=S) groups is 1. The highest BCUT2D eigenvalue weighted by molar-refractivity contribution is 7.80. The van der Waals surface area contributed by atoms with Crippen LogP contribution in [-0.4, -0.2) is 31.8 Å². The monoisotopic (exact) mass is 400 g/mol. The van der Waals surface area contributed by atoms with E-state index in [0.717, 1.165) is 23.4 Å². The number of ether oxygens (including phenoxy) is 3. The Bertz CT molecular complexity index is 835. The van der Waals surface area contributed by atoms with Gasteiger partial charge in [0.1, 0.15) is 5.75 Å². The van der Waals surface area contributed by atoms with Gasteiger partial charge in [-0.25, -0.2) is 0 Å². The minimum absolute atomic E-state index is 0.212. The smallest absolute Gasteiger partial charge is 0.250 e. The van der Waals surface area contributed by atoms with Gasteiger partial charge >= 0.3 is 0 Å². The van der Waals surface area contributed by atoms with E-state index in [4.69, 9.17) is 26.4 Å². The van der Waals surface area contributed by atoms with Crippen LogP contribution in [0.4, 0.5) is 5.69 Å². The fourth-order valence-corrected chi connectivity index (χ4v) is 2.52. The van der Waals surface area contributed by atoms with Gasteiger partial charge in [-0.05, 0) is 66.7 Å². The van der Waals surface area contributed by atoms with Gasteiger partial charge in [0.2, 0.25) is 5.91 Å². The number of methoxy groups -OCH3 is 2. The zero-order valence-electron chi connectivity index (χ0n) is 16.2. The normalized spacial score (nSPS) is 10.4. The zero-order valence-corrected chi connectivity index (χ0v) is 17.0. The zero-order chi connectivity index (χ0) is 20.4. The molecule has 0 radical (unpaired) electrons. The minimum Gasteiger partial charge on any atom is -0.494 e. The first-order valence-electron chi connectivity index (χ1n) is 8.80. The average molecular weight is 401 g/mol. The van der Waals surface area contributed by atoms with Crippen molar-refractivity contribution >= 4 is 35.0 Å². The van der Waals surface area contributed by atoms with Crippen molar-refractivity contribution in [1.82, 2.24) is 5.32 Å². The summed E-state index contributed by atoms with van der Waals surface area (Å²) in [5, 5.41) is 5.78. The highest BCUT2D eigenvalue weighted by Crippen LogP contribution is 2.27. The molecule has 0 saturated heterocycles. The van der Waals surface area contributed by atoms with Crippen molar-refractivity contribution in [3.8, 4) is 17.2 Å². The standard InChI is InChI=1S/C21H24N2O4S/c1-4-13-27-17-9-7-16(8-10-17)22-21(28)23-20(24)12-6-15-5-11-18(25-2)19(14-15)26-3/h5-12,14H,4,13H2,1-3H3,(H2,22,23,24,28)/b12-6+. The van der Waals surface area contributed by atoms with Gasteiger partial charge in [0.15, 0.2) is 16.6 Å². The van der Waals surface area contributed by atoms with Gasteiger partial charge in [0.25, 0.3) is 0 Å². The third kappa shape index (κ3) is 6.59. The van der Waals surface area contributed by atoms with Crippen LogP contribution in [0.15, 0.2) is 48.5 Å². The summed E-state index contributed by atoms with van der Waals surface area (Å²) in [6, 6.07) is 12.7. The Labute approximate surface area is 170 Å². The summed E-state index contributed by atoms with van der Waals surface area (Å²) in [5.41, 5.74) is 1.56. The summed E-state index contributed by atoms with van der Waals surface area (Å²) in [6.45, 7) is 2.73. The molecule has 6 nitrogen and oxygen atoms in total. The van der Waals surface area contributed by atoms with E-state index in [0.29, 0.717) is 18.1 Å². The summed E-state index contributed by atoms with van der Waals surface area (Å²) < 4.78 is 16.0. The Hall–Kier alpha value is -3.06. The fourth-order valence-electron chi connectivity index (χ4n) is 2.30. The van der Waals surface area contributed by atoms with Gasteiger partial charge in [-0.15, -0.1) is 0 Å². The quantitative estimate of drug-likeness (QED) is 0.515. The minimum atomic E-state index is -0.338. The van der Waals surface area contributed by atoms with Crippen LogP contribution in [0, 0.1) is 0 Å². The maximum absolute atomic E-state index is 12.1. The molecule has 0 atom stereocenters. The number of carbonyl (C=O) groups excluding carboxylic acids is 1. The first-order chi connectivity index (χ1) is 13.5. The molecule has 7 heteroatoms. The van der Waals surface area contributed by atoms with E-state index in [9.17, 15) is 4.79 Å². The topological polar surface area (TPSA) is 68.8 Å². The highest BCUT2D eigenvalue weighted by atomic mass is 32.1. The Kier molecular flexibility index (Phi) is 8.30. The second kappa shape index (κ2) is 10.9. The summed E-state index contributed by atoms with van der Waals surface area (Å²) in [4.78, 5) is 12.1. The lowest BCUT2D eigenvalue weighted by molar-refractivity contribution is -0.115. The first-order valence-corrected chi connectivity index (χ1v) is 9.21. The van der Waals surface area contributed by atoms with Gasteiger partial charge < -0.3 is 19.5 Å². The molecule has 0 saturated carbocycles. The molecule has 0 aromatic heterocycles. The maximum Gasteiger partial charge on any atom is 0.250 e. The Morgan fingerprint density at radius 1 is 1.07 bits per heavy atom. The van der Waals surface area contributed by atoms with Crippen molar-refractivity contribution < 1.29 is 19.0 Å². The predicted octanol–water partition coefficient (Wildman–Crippen LogP) is 4.02. The Morgan fingerprint density at radius 2 is 1.79 bits per heavy atom. The first kappa shape index (κ1) is 21.2. The molecule has 0 spiro atoms. The molecule has 2 N–H and O–H groups in total. The molecule has 148 valence electrons. The lowest BCUT2D eigenvalue weighted by atomic mass is 10.2. The molecule has 0 unspecified atom stereocenters. The number of hydrogen-bond donors (Lipinski definition) is 2. The number of nitrogens with one attached hydrogen (secondary N) is 2. The highest BCUT2D eigenvalue weighted by Gasteiger charge is 2.05. The van der Waals surface area contributed by atoms with Gasteiger partial charge in [0.05, 0.1) is 20.8 Å². The molecule has 2 aromatic carbocycles. The van der Waals surface area contributed by atoms with E-state index in [-0.39, 0.29) is 11.0 Å². The van der Waals surface area contributed by atoms with Crippen LogP contribution in [0.5, 0.6) is 17.2 Å². The third-order valence-electron chi connectivity index (χ3n) is 3.66. The largest absolute Gasteiger partial charge is 0.494 e. The van der Waals surface area contributed by atoms with Crippen molar-refractivity contribution in [3.05, 3.63) is 54.1 Å². The predicted molar refractivity (Wildman–Crippen MR) is 115 cm³/mol. The maximum atomic E-state index is 12.1. The third-order valence-corrected chi connectivity index (χ3v) is 3.86. The lowest BCUT2D eigenvalue weighted by Gasteiger charge is -2.10. The lowest BCUT2D eigenvalue weighted by Crippen LogP contribution is -2.32. The number of amides is 1. The van der Waals surface area contributed by atoms with Crippen LogP contribution in [0.3, 0.4) is 0 Å². The molecule has 0 aliphatic rings. The van der Waals surface area contributed by atoms with Gasteiger partial charge in [-0.1, -0.05) is 13.0 Å². The van der Waals surface area contributed by atoms with Gasteiger partial charge in [0, 0.05) is 11.8 Å². The van der Waals surface area contributed by atoms with Crippen molar-refractivity contribution in [2.75, 3.05) is 26.1 Å².